The highest BCUT2D eigenvalue weighted by Crippen LogP contribution is 2.36. The van der Waals surface area contributed by atoms with E-state index in [0.29, 0.717) is 10.9 Å². The van der Waals surface area contributed by atoms with Gasteiger partial charge in [0.2, 0.25) is 0 Å². The number of anilines is 1. The minimum Gasteiger partial charge on any atom is -0.315 e. The molecule has 2 heterocycles. The molecule has 2 atom stereocenters. The van der Waals surface area contributed by atoms with Gasteiger partial charge in [-0.25, -0.2) is 12.8 Å². The Morgan fingerprint density at radius 3 is 2.87 bits per heavy atom. The van der Waals surface area contributed by atoms with Gasteiger partial charge in [0.1, 0.15) is 11.6 Å². The van der Waals surface area contributed by atoms with Gasteiger partial charge in [0.25, 0.3) is 0 Å². The number of nitrogens with zero attached hydrogens (tertiary/aromatic N) is 2. The van der Waals surface area contributed by atoms with Crippen molar-refractivity contribution >= 4 is 49.8 Å². The van der Waals surface area contributed by atoms with Crippen molar-refractivity contribution in [1.29, 1.82) is 0 Å². The Hall–Kier alpha value is -1.12. The summed E-state index contributed by atoms with van der Waals surface area (Å²) in [5.74, 6) is -0.316. The van der Waals surface area contributed by atoms with Gasteiger partial charge in [0.05, 0.1) is 34.4 Å². The first-order valence-corrected chi connectivity index (χ1v) is 10.1. The molecule has 0 unspecified atom stereocenters. The van der Waals surface area contributed by atoms with Gasteiger partial charge < -0.3 is 4.90 Å². The van der Waals surface area contributed by atoms with E-state index in [1.165, 1.54) is 30.8 Å². The number of thioether (sulfide) groups is 1. The van der Waals surface area contributed by atoms with Crippen LogP contribution in [0, 0.1) is 5.82 Å². The number of fused-ring (bicyclic) bond motifs is 1. The zero-order chi connectivity index (χ0) is 16.8. The van der Waals surface area contributed by atoms with Crippen LogP contribution in [-0.2, 0) is 14.6 Å². The molecule has 2 aliphatic rings. The number of carbonyl (C=O) groups excluding carboxylic acids is 1. The number of carbonyl (C=O) groups is 1. The SMILES string of the molecule is CC(=O)CSC1=N[C@@H]2CS(=O)(=O)C[C@H]2N1c1ccc(F)c(Cl)c1. The summed E-state index contributed by atoms with van der Waals surface area (Å²) >= 11 is 7.10. The zero-order valence-corrected chi connectivity index (χ0v) is 14.6. The first-order valence-electron chi connectivity index (χ1n) is 6.91. The fourth-order valence-corrected chi connectivity index (χ4v) is 5.68. The Labute approximate surface area is 142 Å². The number of hydrogen-bond acceptors (Lipinski definition) is 6. The van der Waals surface area contributed by atoms with E-state index in [2.05, 4.69) is 4.99 Å². The van der Waals surface area contributed by atoms with E-state index in [4.69, 9.17) is 11.6 Å². The summed E-state index contributed by atoms with van der Waals surface area (Å²) < 4.78 is 37.1. The van der Waals surface area contributed by atoms with Crippen LogP contribution in [0.3, 0.4) is 0 Å². The van der Waals surface area contributed by atoms with Crippen LogP contribution in [0.4, 0.5) is 10.1 Å². The van der Waals surface area contributed by atoms with Crippen LogP contribution in [0.15, 0.2) is 23.2 Å². The Balaban J connectivity index is 1.96. The molecule has 23 heavy (non-hydrogen) atoms. The first-order chi connectivity index (χ1) is 10.8. The molecule has 124 valence electrons. The zero-order valence-electron chi connectivity index (χ0n) is 12.2. The topological polar surface area (TPSA) is 66.8 Å². The maximum absolute atomic E-state index is 13.4. The number of hydrogen-bond donors (Lipinski definition) is 0. The Morgan fingerprint density at radius 2 is 2.22 bits per heavy atom. The average Bonchev–Trinajstić information content (AvgIpc) is 2.91. The minimum atomic E-state index is -3.15. The Morgan fingerprint density at radius 1 is 1.48 bits per heavy atom. The second-order valence-electron chi connectivity index (χ2n) is 5.58. The van der Waals surface area contributed by atoms with E-state index >= 15 is 0 Å². The van der Waals surface area contributed by atoms with Crippen molar-refractivity contribution in [2.75, 3.05) is 22.2 Å². The van der Waals surface area contributed by atoms with Gasteiger partial charge in [0, 0.05) is 5.69 Å². The molecule has 0 saturated carbocycles. The van der Waals surface area contributed by atoms with Gasteiger partial charge in [-0.15, -0.1) is 0 Å². The van der Waals surface area contributed by atoms with Gasteiger partial charge in [0.15, 0.2) is 15.0 Å². The van der Waals surface area contributed by atoms with Crippen molar-refractivity contribution in [2.45, 2.75) is 19.0 Å². The molecule has 1 saturated heterocycles. The number of amidine groups is 1. The lowest BCUT2D eigenvalue weighted by Crippen LogP contribution is -2.39. The van der Waals surface area contributed by atoms with Gasteiger partial charge >= 0.3 is 0 Å². The summed E-state index contributed by atoms with van der Waals surface area (Å²) in [6.45, 7) is 1.48. The van der Waals surface area contributed by atoms with Crippen LogP contribution < -0.4 is 4.90 Å². The molecule has 1 aromatic rings. The van der Waals surface area contributed by atoms with Gasteiger partial charge in [-0.1, -0.05) is 23.4 Å². The molecule has 1 aromatic carbocycles. The fraction of sp³-hybridized carbons (Fsp3) is 0.429. The number of rotatable bonds is 3. The van der Waals surface area contributed by atoms with E-state index in [9.17, 15) is 17.6 Å². The molecule has 9 heteroatoms. The molecular weight excluding hydrogens is 363 g/mol. The minimum absolute atomic E-state index is 0.000491. The van der Waals surface area contributed by atoms with Gasteiger partial charge in [-0.2, -0.15) is 0 Å². The van der Waals surface area contributed by atoms with E-state index in [1.54, 1.807) is 11.0 Å². The van der Waals surface area contributed by atoms with E-state index in [0.717, 1.165) is 0 Å². The van der Waals surface area contributed by atoms with Gasteiger partial charge in [-0.05, 0) is 25.1 Å². The molecule has 0 N–H and O–H groups in total. The lowest BCUT2D eigenvalue weighted by atomic mass is 10.1. The molecular formula is C14H14ClFN2O3S2. The van der Waals surface area contributed by atoms with Crippen molar-refractivity contribution < 1.29 is 17.6 Å². The molecule has 0 aliphatic carbocycles. The highest BCUT2D eigenvalue weighted by Gasteiger charge is 2.47. The third kappa shape index (κ3) is 3.39. The molecule has 0 aromatic heterocycles. The van der Waals surface area contributed by atoms with Crippen LogP contribution in [0.1, 0.15) is 6.92 Å². The largest absolute Gasteiger partial charge is 0.315 e. The average molecular weight is 377 g/mol. The lowest BCUT2D eigenvalue weighted by Gasteiger charge is -2.26. The van der Waals surface area contributed by atoms with Crippen LogP contribution in [0.5, 0.6) is 0 Å². The lowest BCUT2D eigenvalue weighted by molar-refractivity contribution is -0.114. The summed E-state index contributed by atoms with van der Waals surface area (Å²) in [5.41, 5.74) is 0.579. The number of ketones is 1. The molecule has 3 rings (SSSR count). The summed E-state index contributed by atoms with van der Waals surface area (Å²) in [6.07, 6.45) is 0. The summed E-state index contributed by atoms with van der Waals surface area (Å²) in [4.78, 5) is 17.5. The Bertz CT molecular complexity index is 797. The molecule has 0 spiro atoms. The van der Waals surface area contributed by atoms with Crippen LogP contribution in [-0.4, -0.2) is 48.7 Å². The predicted octanol–water partition coefficient (Wildman–Crippen LogP) is 2.14. The molecule has 0 bridgehead atoms. The van der Waals surface area contributed by atoms with Crippen molar-refractivity contribution in [2.24, 2.45) is 4.99 Å². The van der Waals surface area contributed by atoms with Crippen molar-refractivity contribution in [3.8, 4) is 0 Å². The van der Waals surface area contributed by atoms with Gasteiger partial charge in [-0.3, -0.25) is 9.79 Å². The second kappa shape index (κ2) is 6.07. The summed E-state index contributed by atoms with van der Waals surface area (Å²) in [6, 6.07) is 3.53. The standard InChI is InChI=1S/C14H14ClFN2O3S2/c1-8(19)5-22-14-17-12-6-23(20,21)7-13(12)18(14)9-2-3-11(16)10(15)4-9/h2-4,12-13H,5-7H2,1H3/t12-,13-/m1/s1. The first kappa shape index (κ1) is 16.7. The number of Topliss-reactive ketones (excluding diaryl/α,β-unsaturated/α-hetero) is 1. The number of sulfone groups is 1. The summed E-state index contributed by atoms with van der Waals surface area (Å²) in [7, 11) is -3.15. The molecule has 1 fully saturated rings. The maximum atomic E-state index is 13.4. The quantitative estimate of drug-likeness (QED) is 0.808. The summed E-state index contributed by atoms with van der Waals surface area (Å²) in [5, 5.41) is 0.537. The predicted molar refractivity (Wildman–Crippen MR) is 90.7 cm³/mol. The molecule has 5 nitrogen and oxygen atoms in total. The molecule has 0 amide bonds. The third-order valence-electron chi connectivity index (χ3n) is 3.69. The normalized spacial score (nSPS) is 25.3. The maximum Gasteiger partial charge on any atom is 0.164 e. The Kier molecular flexibility index (Phi) is 4.41. The highest BCUT2D eigenvalue weighted by molar-refractivity contribution is 8.14. The van der Waals surface area contributed by atoms with Crippen molar-refractivity contribution in [3.63, 3.8) is 0 Å². The molecule has 2 aliphatic heterocycles. The highest BCUT2D eigenvalue weighted by atomic mass is 35.5. The number of aliphatic imine (C=N–C) groups is 1. The van der Waals surface area contributed by atoms with E-state index < -0.39 is 15.7 Å². The van der Waals surface area contributed by atoms with E-state index in [-0.39, 0.29) is 40.1 Å². The monoisotopic (exact) mass is 376 g/mol. The second-order valence-corrected chi connectivity index (χ2v) is 9.09. The fourth-order valence-electron chi connectivity index (χ4n) is 2.74. The molecule has 0 radical (unpaired) electrons. The van der Waals surface area contributed by atoms with E-state index in [1.807, 2.05) is 0 Å². The van der Waals surface area contributed by atoms with Crippen LogP contribution >= 0.6 is 23.4 Å². The van der Waals surface area contributed by atoms with Crippen LogP contribution in [0.25, 0.3) is 0 Å². The van der Waals surface area contributed by atoms with Crippen LogP contribution in [0.2, 0.25) is 5.02 Å². The number of benzene rings is 1. The smallest absolute Gasteiger partial charge is 0.164 e. The third-order valence-corrected chi connectivity index (χ3v) is 6.79. The van der Waals surface area contributed by atoms with Crippen molar-refractivity contribution in [1.82, 2.24) is 0 Å². The number of halogens is 2. The van der Waals surface area contributed by atoms with Crippen molar-refractivity contribution in [3.05, 3.63) is 29.0 Å².